The second kappa shape index (κ2) is 6.01. The SMILES string of the molecule is Cc1[nH]c2ccccc2c1C1(C2(C)CN(C)c3ccccc32)OC(=O)c2ccccc21. The van der Waals surface area contributed by atoms with Crippen LogP contribution in [-0.4, -0.2) is 24.5 Å². The van der Waals surface area contributed by atoms with Crippen molar-refractivity contribution in [2.75, 3.05) is 18.5 Å². The third-order valence-corrected chi connectivity index (χ3v) is 7.26. The number of nitrogens with zero attached hydrogens (tertiary/aromatic N) is 1. The number of H-pyrrole nitrogens is 1. The molecule has 4 nitrogen and oxygen atoms in total. The number of hydrogen-bond acceptors (Lipinski definition) is 3. The van der Waals surface area contributed by atoms with Crippen LogP contribution < -0.4 is 4.90 Å². The minimum atomic E-state index is -0.939. The average molecular weight is 409 g/mol. The number of aromatic amines is 1. The highest BCUT2D eigenvalue weighted by atomic mass is 16.6. The number of para-hydroxylation sites is 2. The molecule has 4 heteroatoms. The summed E-state index contributed by atoms with van der Waals surface area (Å²) in [6, 6.07) is 24.6. The molecular formula is C27H24N2O2. The van der Waals surface area contributed by atoms with E-state index < -0.39 is 11.0 Å². The number of esters is 1. The van der Waals surface area contributed by atoms with E-state index in [2.05, 4.69) is 73.2 Å². The summed E-state index contributed by atoms with van der Waals surface area (Å²) < 4.78 is 6.56. The van der Waals surface area contributed by atoms with E-state index in [1.54, 1.807) is 0 Å². The number of aryl methyl sites for hydroxylation is 1. The highest BCUT2D eigenvalue weighted by Gasteiger charge is 2.63. The molecule has 3 heterocycles. The lowest BCUT2D eigenvalue weighted by Crippen LogP contribution is -2.51. The molecule has 2 unspecified atom stereocenters. The van der Waals surface area contributed by atoms with Gasteiger partial charge >= 0.3 is 5.97 Å². The summed E-state index contributed by atoms with van der Waals surface area (Å²) in [6.07, 6.45) is 0. The summed E-state index contributed by atoms with van der Waals surface area (Å²) in [5.74, 6) is -0.256. The number of cyclic esters (lactones) is 1. The van der Waals surface area contributed by atoms with Gasteiger partial charge in [-0.3, -0.25) is 0 Å². The largest absolute Gasteiger partial charge is 0.444 e. The molecule has 3 aromatic carbocycles. The molecule has 2 aliphatic rings. The molecule has 0 aliphatic carbocycles. The first-order valence-corrected chi connectivity index (χ1v) is 10.7. The van der Waals surface area contributed by atoms with Crippen LogP contribution in [0.1, 0.15) is 39.7 Å². The Balaban J connectivity index is 1.77. The number of fused-ring (bicyclic) bond motifs is 3. The van der Waals surface area contributed by atoms with Gasteiger partial charge in [0, 0.05) is 47.0 Å². The lowest BCUT2D eigenvalue weighted by Gasteiger charge is -2.44. The lowest BCUT2D eigenvalue weighted by atomic mass is 9.63. The zero-order valence-electron chi connectivity index (χ0n) is 17.9. The standard InChI is InChI=1S/C27H24N2O2/c1-17-24(19-11-5-8-14-22(19)28-17)27(20-12-6-4-10-18(20)25(30)31-27)26(2)16-29(3)23-15-9-7-13-21(23)26/h4-15,28H,16H2,1-3H3. The third kappa shape index (κ3) is 2.12. The minimum Gasteiger partial charge on any atom is -0.444 e. The number of anilines is 1. The summed E-state index contributed by atoms with van der Waals surface area (Å²) in [5.41, 5.74) is 5.70. The van der Waals surface area contributed by atoms with Crippen molar-refractivity contribution in [1.82, 2.24) is 4.98 Å². The highest BCUT2D eigenvalue weighted by Crippen LogP contribution is 2.60. The number of rotatable bonds is 2. The van der Waals surface area contributed by atoms with Gasteiger partial charge in [-0.15, -0.1) is 0 Å². The van der Waals surface area contributed by atoms with Gasteiger partial charge < -0.3 is 14.6 Å². The van der Waals surface area contributed by atoms with Crippen LogP contribution in [0.2, 0.25) is 0 Å². The second-order valence-electron chi connectivity index (χ2n) is 8.99. The maximum absolute atomic E-state index is 13.3. The van der Waals surface area contributed by atoms with Crippen LogP contribution in [0.5, 0.6) is 0 Å². The lowest BCUT2D eigenvalue weighted by molar-refractivity contribution is -0.0226. The minimum absolute atomic E-state index is 0.256. The fourth-order valence-corrected chi connectivity index (χ4v) is 6.04. The maximum Gasteiger partial charge on any atom is 0.339 e. The van der Waals surface area contributed by atoms with Crippen LogP contribution in [0.15, 0.2) is 72.8 Å². The Morgan fingerprint density at radius 2 is 1.61 bits per heavy atom. The fourth-order valence-electron chi connectivity index (χ4n) is 6.04. The van der Waals surface area contributed by atoms with Gasteiger partial charge in [0.15, 0.2) is 5.60 Å². The molecule has 2 atom stereocenters. The number of hydrogen-bond donors (Lipinski definition) is 1. The second-order valence-corrected chi connectivity index (χ2v) is 8.99. The Morgan fingerprint density at radius 1 is 0.935 bits per heavy atom. The van der Waals surface area contributed by atoms with E-state index in [0.717, 1.165) is 34.3 Å². The number of nitrogens with one attached hydrogen (secondary N) is 1. The van der Waals surface area contributed by atoms with Crippen molar-refractivity contribution in [3.05, 3.63) is 101 Å². The summed E-state index contributed by atoms with van der Waals surface area (Å²) >= 11 is 0. The molecule has 0 spiro atoms. The molecule has 0 amide bonds. The van der Waals surface area contributed by atoms with Crippen molar-refractivity contribution < 1.29 is 9.53 Å². The van der Waals surface area contributed by atoms with Gasteiger partial charge in [0.1, 0.15) is 0 Å². The van der Waals surface area contributed by atoms with Crippen molar-refractivity contribution in [3.8, 4) is 0 Å². The van der Waals surface area contributed by atoms with Crippen LogP contribution in [0, 0.1) is 6.92 Å². The van der Waals surface area contributed by atoms with Crippen molar-refractivity contribution in [1.29, 1.82) is 0 Å². The Morgan fingerprint density at radius 3 is 2.45 bits per heavy atom. The van der Waals surface area contributed by atoms with Crippen LogP contribution in [0.4, 0.5) is 5.69 Å². The number of carbonyl (C=O) groups excluding carboxylic acids is 1. The molecular weight excluding hydrogens is 384 g/mol. The zero-order chi connectivity index (χ0) is 21.4. The van der Waals surface area contributed by atoms with E-state index in [0.29, 0.717) is 5.56 Å². The molecule has 0 saturated carbocycles. The number of likely N-dealkylation sites (N-methyl/N-ethyl adjacent to an activating group) is 1. The first kappa shape index (κ1) is 18.3. The zero-order valence-corrected chi connectivity index (χ0v) is 17.9. The first-order chi connectivity index (χ1) is 15.0. The Labute approximate surface area is 181 Å². The van der Waals surface area contributed by atoms with Gasteiger partial charge in [-0.05, 0) is 37.6 Å². The van der Waals surface area contributed by atoms with Crippen LogP contribution in [0.3, 0.4) is 0 Å². The van der Waals surface area contributed by atoms with Gasteiger partial charge in [-0.2, -0.15) is 0 Å². The van der Waals surface area contributed by atoms with Crippen molar-refractivity contribution >= 4 is 22.6 Å². The smallest absolute Gasteiger partial charge is 0.339 e. The number of ether oxygens (including phenoxy) is 1. The van der Waals surface area contributed by atoms with Crippen molar-refractivity contribution in [2.24, 2.45) is 0 Å². The van der Waals surface area contributed by atoms with E-state index in [9.17, 15) is 4.79 Å². The molecule has 0 saturated heterocycles. The highest BCUT2D eigenvalue weighted by molar-refractivity contribution is 5.98. The molecule has 154 valence electrons. The Kier molecular flexibility index (Phi) is 3.54. The Bertz CT molecular complexity index is 1370. The number of aromatic nitrogens is 1. The molecule has 0 fully saturated rings. The first-order valence-electron chi connectivity index (χ1n) is 10.7. The van der Waals surface area contributed by atoms with Crippen molar-refractivity contribution in [3.63, 3.8) is 0 Å². The van der Waals surface area contributed by atoms with E-state index in [-0.39, 0.29) is 5.97 Å². The molecule has 0 radical (unpaired) electrons. The Hall–Kier alpha value is -3.53. The summed E-state index contributed by atoms with van der Waals surface area (Å²) in [5, 5.41) is 1.10. The van der Waals surface area contributed by atoms with Gasteiger partial charge in [-0.25, -0.2) is 4.79 Å². The fraction of sp³-hybridized carbons (Fsp3) is 0.222. The van der Waals surface area contributed by atoms with Crippen LogP contribution in [0.25, 0.3) is 10.9 Å². The monoisotopic (exact) mass is 408 g/mol. The van der Waals surface area contributed by atoms with Gasteiger partial charge in [0.05, 0.1) is 11.0 Å². The third-order valence-electron chi connectivity index (χ3n) is 7.26. The van der Waals surface area contributed by atoms with E-state index in [1.165, 1.54) is 11.3 Å². The summed E-state index contributed by atoms with van der Waals surface area (Å²) in [7, 11) is 2.11. The molecule has 31 heavy (non-hydrogen) atoms. The molecule has 1 N–H and O–H groups in total. The van der Waals surface area contributed by atoms with Gasteiger partial charge in [0.25, 0.3) is 0 Å². The quantitative estimate of drug-likeness (QED) is 0.458. The topological polar surface area (TPSA) is 45.3 Å². The number of benzene rings is 3. The average Bonchev–Trinajstić information content (AvgIpc) is 3.37. The predicted molar refractivity (Wildman–Crippen MR) is 123 cm³/mol. The van der Waals surface area contributed by atoms with Crippen LogP contribution >= 0.6 is 0 Å². The summed E-state index contributed by atoms with van der Waals surface area (Å²) in [4.78, 5) is 19.1. The van der Waals surface area contributed by atoms with E-state index in [1.807, 2.05) is 30.3 Å². The molecule has 6 rings (SSSR count). The predicted octanol–water partition coefficient (Wildman–Crippen LogP) is 5.30. The normalized spacial score (nSPS) is 24.4. The van der Waals surface area contributed by atoms with Crippen LogP contribution in [-0.2, 0) is 15.8 Å². The van der Waals surface area contributed by atoms with Crippen molar-refractivity contribution in [2.45, 2.75) is 24.9 Å². The van der Waals surface area contributed by atoms with E-state index in [4.69, 9.17) is 4.74 Å². The molecule has 2 aliphatic heterocycles. The molecule has 0 bridgehead atoms. The number of carbonyl (C=O) groups is 1. The maximum atomic E-state index is 13.3. The molecule has 1 aromatic heterocycles. The summed E-state index contributed by atoms with van der Waals surface area (Å²) in [6.45, 7) is 5.07. The van der Waals surface area contributed by atoms with Gasteiger partial charge in [0.2, 0.25) is 0 Å². The van der Waals surface area contributed by atoms with Gasteiger partial charge in [-0.1, -0.05) is 54.6 Å². The van der Waals surface area contributed by atoms with E-state index >= 15 is 0 Å². The molecule has 4 aromatic rings.